The highest BCUT2D eigenvalue weighted by molar-refractivity contribution is 8.14. The molecule has 23 heavy (non-hydrogen) atoms. The number of hydrogen-bond donors (Lipinski definition) is 3. The molecule has 6 N–H and O–H groups in total. The standard InChI is InChI=1S/C10H8ClNO2S.2C3H7N/c11-15(13,14)10-6-5-9(12)7-3-1-2-4-8(7)10;2*1-2-3-4/h1-6H,12H2;2*2H,1,3-4H2. The van der Waals surface area contributed by atoms with Crippen molar-refractivity contribution in [1.82, 2.24) is 0 Å². The predicted molar refractivity (Wildman–Crippen MR) is 99.9 cm³/mol. The largest absolute Gasteiger partial charge is 0.398 e. The first-order valence-electron chi connectivity index (χ1n) is 6.67. The maximum Gasteiger partial charge on any atom is 0.261 e. The molecule has 0 heterocycles. The second kappa shape index (κ2) is 10.8. The molecule has 0 saturated heterocycles. The van der Waals surface area contributed by atoms with Gasteiger partial charge in [-0.05, 0) is 12.1 Å². The summed E-state index contributed by atoms with van der Waals surface area (Å²) in [6.45, 7) is 7.87. The van der Waals surface area contributed by atoms with E-state index in [-0.39, 0.29) is 4.90 Å². The van der Waals surface area contributed by atoms with E-state index in [9.17, 15) is 8.42 Å². The van der Waals surface area contributed by atoms with Crippen LogP contribution >= 0.6 is 10.7 Å². The minimum atomic E-state index is -3.73. The predicted octanol–water partition coefficient (Wildman–Crippen LogP) is 2.61. The van der Waals surface area contributed by atoms with Gasteiger partial charge in [-0.3, -0.25) is 0 Å². The Hall–Kier alpha value is -1.86. The van der Waals surface area contributed by atoms with Crippen LogP contribution in [0.15, 0.2) is 66.6 Å². The van der Waals surface area contributed by atoms with E-state index >= 15 is 0 Å². The van der Waals surface area contributed by atoms with Crippen LogP contribution in [0.25, 0.3) is 10.8 Å². The molecule has 2 aromatic rings. The van der Waals surface area contributed by atoms with Gasteiger partial charge in [-0.2, -0.15) is 0 Å². The van der Waals surface area contributed by atoms with E-state index in [1.807, 2.05) is 0 Å². The Morgan fingerprint density at radius 1 is 0.957 bits per heavy atom. The third kappa shape index (κ3) is 7.30. The summed E-state index contributed by atoms with van der Waals surface area (Å²) in [5.41, 5.74) is 16.1. The Balaban J connectivity index is 0.000000509. The van der Waals surface area contributed by atoms with Crippen LogP contribution in [0, 0.1) is 0 Å². The molecular weight excluding hydrogens is 334 g/mol. The van der Waals surface area contributed by atoms with Gasteiger partial charge in [-0.1, -0.05) is 36.4 Å². The number of benzene rings is 2. The second-order valence-electron chi connectivity index (χ2n) is 4.19. The monoisotopic (exact) mass is 355 g/mol. The van der Waals surface area contributed by atoms with E-state index in [4.69, 9.17) is 27.9 Å². The summed E-state index contributed by atoms with van der Waals surface area (Å²) in [7, 11) is 1.59. The Bertz CT molecular complexity index is 738. The quantitative estimate of drug-likeness (QED) is 0.445. The molecule has 126 valence electrons. The van der Waals surface area contributed by atoms with Gasteiger partial charge >= 0.3 is 0 Å². The second-order valence-corrected chi connectivity index (χ2v) is 6.72. The summed E-state index contributed by atoms with van der Waals surface area (Å²) >= 11 is 0. The number of hydrogen-bond acceptors (Lipinski definition) is 5. The zero-order chi connectivity index (χ0) is 17.9. The molecule has 0 aliphatic heterocycles. The molecule has 0 bridgehead atoms. The zero-order valence-electron chi connectivity index (χ0n) is 12.8. The average Bonchev–Trinajstić information content (AvgIpc) is 2.54. The first kappa shape index (κ1) is 21.1. The summed E-state index contributed by atoms with van der Waals surface area (Å²) in [4.78, 5) is 0.0916. The van der Waals surface area contributed by atoms with E-state index < -0.39 is 9.05 Å². The van der Waals surface area contributed by atoms with Gasteiger partial charge in [0.05, 0.1) is 4.90 Å². The maximum atomic E-state index is 11.3. The molecule has 5 nitrogen and oxygen atoms in total. The first-order chi connectivity index (χ1) is 10.8. The molecule has 7 heteroatoms. The van der Waals surface area contributed by atoms with Crippen molar-refractivity contribution in [1.29, 1.82) is 0 Å². The fraction of sp³-hybridized carbons (Fsp3) is 0.125. The first-order valence-corrected chi connectivity index (χ1v) is 8.98. The molecule has 0 unspecified atom stereocenters. The van der Waals surface area contributed by atoms with Gasteiger partial charge < -0.3 is 17.2 Å². The van der Waals surface area contributed by atoms with Crippen molar-refractivity contribution in [2.45, 2.75) is 4.90 Å². The van der Waals surface area contributed by atoms with Crippen LogP contribution in [-0.4, -0.2) is 21.5 Å². The Morgan fingerprint density at radius 3 is 1.78 bits per heavy atom. The highest BCUT2D eigenvalue weighted by atomic mass is 35.7. The van der Waals surface area contributed by atoms with Crippen molar-refractivity contribution in [2.24, 2.45) is 11.5 Å². The van der Waals surface area contributed by atoms with Crippen molar-refractivity contribution in [3.63, 3.8) is 0 Å². The van der Waals surface area contributed by atoms with Crippen LogP contribution in [0.1, 0.15) is 0 Å². The molecule has 0 aliphatic rings. The number of anilines is 1. The molecule has 0 aromatic heterocycles. The van der Waals surface area contributed by atoms with Gasteiger partial charge in [0.25, 0.3) is 9.05 Å². The van der Waals surface area contributed by atoms with Crippen LogP contribution < -0.4 is 17.2 Å². The molecule has 0 spiro atoms. The van der Waals surface area contributed by atoms with Gasteiger partial charge in [-0.25, -0.2) is 8.42 Å². The fourth-order valence-electron chi connectivity index (χ4n) is 1.51. The summed E-state index contributed by atoms with van der Waals surface area (Å²) in [5, 5.41) is 1.24. The maximum absolute atomic E-state index is 11.3. The zero-order valence-corrected chi connectivity index (χ0v) is 14.4. The van der Waals surface area contributed by atoms with Gasteiger partial charge in [0.2, 0.25) is 0 Å². The summed E-state index contributed by atoms with van der Waals surface area (Å²) in [5.74, 6) is 0. The number of halogens is 1. The Morgan fingerprint density at radius 2 is 1.39 bits per heavy atom. The smallest absolute Gasteiger partial charge is 0.261 e. The number of nitrogens with two attached hydrogens (primary N) is 3. The molecule has 0 atom stereocenters. The van der Waals surface area contributed by atoms with Gasteiger partial charge in [0.15, 0.2) is 0 Å². The van der Waals surface area contributed by atoms with Gasteiger partial charge in [0.1, 0.15) is 0 Å². The molecule has 2 rings (SSSR count). The molecule has 2 aromatic carbocycles. The minimum Gasteiger partial charge on any atom is -0.398 e. The van der Waals surface area contributed by atoms with Crippen molar-refractivity contribution >= 4 is 36.2 Å². The Labute approximate surface area is 141 Å². The normalized spacial score (nSPS) is 9.87. The van der Waals surface area contributed by atoms with Crippen LogP contribution in [-0.2, 0) is 9.05 Å². The molecule has 0 fully saturated rings. The van der Waals surface area contributed by atoms with E-state index in [0.29, 0.717) is 29.5 Å². The van der Waals surface area contributed by atoms with Crippen molar-refractivity contribution in [3.05, 3.63) is 61.7 Å². The van der Waals surface area contributed by atoms with E-state index in [1.165, 1.54) is 12.1 Å². The van der Waals surface area contributed by atoms with Crippen molar-refractivity contribution in [3.8, 4) is 0 Å². The van der Waals surface area contributed by atoms with Crippen molar-refractivity contribution in [2.75, 3.05) is 18.8 Å². The van der Waals surface area contributed by atoms with E-state index in [1.54, 1.807) is 36.4 Å². The number of nitrogen functional groups attached to an aromatic ring is 1. The highest BCUT2D eigenvalue weighted by Crippen LogP contribution is 2.29. The summed E-state index contributed by atoms with van der Waals surface area (Å²) in [6, 6.07) is 9.94. The molecular formula is C16H22ClN3O2S. The average molecular weight is 356 g/mol. The SMILES string of the molecule is C=CCN.C=CCN.Nc1ccc(S(=O)(=O)Cl)c2ccccc12. The van der Waals surface area contributed by atoms with Crippen LogP contribution in [0.5, 0.6) is 0 Å². The lowest BCUT2D eigenvalue weighted by atomic mass is 10.1. The van der Waals surface area contributed by atoms with E-state index in [0.717, 1.165) is 0 Å². The van der Waals surface area contributed by atoms with Crippen LogP contribution in [0.2, 0.25) is 0 Å². The van der Waals surface area contributed by atoms with Gasteiger partial charge in [0, 0.05) is 40.2 Å². The topological polar surface area (TPSA) is 112 Å². The third-order valence-electron chi connectivity index (χ3n) is 2.51. The van der Waals surface area contributed by atoms with Crippen LogP contribution in [0.3, 0.4) is 0 Å². The summed E-state index contributed by atoms with van der Waals surface area (Å²) < 4.78 is 22.6. The lowest BCUT2D eigenvalue weighted by molar-refractivity contribution is 0.610. The van der Waals surface area contributed by atoms with Crippen LogP contribution in [0.4, 0.5) is 5.69 Å². The van der Waals surface area contributed by atoms with E-state index in [2.05, 4.69) is 13.2 Å². The number of fused-ring (bicyclic) bond motifs is 1. The fourth-order valence-corrected chi connectivity index (χ4v) is 2.58. The lowest BCUT2D eigenvalue weighted by Crippen LogP contribution is -1.95. The Kier molecular flexibility index (Phi) is 9.92. The summed E-state index contributed by atoms with van der Waals surface area (Å²) in [6.07, 6.45) is 3.31. The lowest BCUT2D eigenvalue weighted by Gasteiger charge is -2.05. The van der Waals surface area contributed by atoms with Gasteiger partial charge in [-0.15, -0.1) is 13.2 Å². The third-order valence-corrected chi connectivity index (χ3v) is 3.89. The molecule has 0 saturated carbocycles. The number of rotatable bonds is 3. The van der Waals surface area contributed by atoms with Crippen molar-refractivity contribution < 1.29 is 8.42 Å². The minimum absolute atomic E-state index is 0.0916. The molecule has 0 amide bonds. The molecule has 0 aliphatic carbocycles. The highest BCUT2D eigenvalue weighted by Gasteiger charge is 2.14. The molecule has 0 radical (unpaired) electrons.